The van der Waals surface area contributed by atoms with Gasteiger partial charge in [-0.2, -0.15) is 0 Å². The maximum absolute atomic E-state index is 5.08. The Hall–Kier alpha value is -6.19. The summed E-state index contributed by atoms with van der Waals surface area (Å²) >= 11 is 0. The van der Waals surface area contributed by atoms with Crippen molar-refractivity contribution in [1.29, 1.82) is 0 Å². The zero-order chi connectivity index (χ0) is 30.5. The second-order valence-electron chi connectivity index (χ2n) is 11.6. The second-order valence-corrected chi connectivity index (χ2v) is 11.6. The Morgan fingerprint density at radius 3 is 1.43 bits per heavy atom. The summed E-state index contributed by atoms with van der Waals surface area (Å²) < 4.78 is 0. The van der Waals surface area contributed by atoms with Crippen LogP contribution < -0.4 is 0 Å². The van der Waals surface area contributed by atoms with Crippen molar-refractivity contribution in [3.8, 4) is 45.3 Å². The first-order valence-electron chi connectivity index (χ1n) is 15.5. The van der Waals surface area contributed by atoms with Crippen LogP contribution in [0.1, 0.15) is 0 Å². The molecule has 0 bridgehead atoms. The first-order chi connectivity index (χ1) is 22.8. The van der Waals surface area contributed by atoms with E-state index < -0.39 is 0 Å². The zero-order valence-corrected chi connectivity index (χ0v) is 24.9. The van der Waals surface area contributed by atoms with Crippen LogP contribution in [0.25, 0.3) is 88.4 Å². The summed E-state index contributed by atoms with van der Waals surface area (Å²) in [5.41, 5.74) is 5.21. The van der Waals surface area contributed by atoms with Crippen LogP contribution in [0.4, 0.5) is 0 Å². The third kappa shape index (κ3) is 4.41. The third-order valence-electron chi connectivity index (χ3n) is 8.86. The molecule has 0 unspecified atom stereocenters. The Bertz CT molecular complexity index is 2520. The molecule has 0 amide bonds. The molecular weight excluding hydrogens is 558 g/mol. The smallest absolute Gasteiger partial charge is 0.164 e. The number of rotatable bonds is 4. The average molecular weight is 586 g/mol. The van der Waals surface area contributed by atoms with Gasteiger partial charge in [-0.3, -0.25) is 0 Å². The average Bonchev–Trinajstić information content (AvgIpc) is 3.14. The summed E-state index contributed by atoms with van der Waals surface area (Å²) in [5, 5.41) is 9.77. The highest BCUT2D eigenvalue weighted by molar-refractivity contribution is 6.24. The van der Waals surface area contributed by atoms with Gasteiger partial charge in [0.05, 0.1) is 0 Å². The van der Waals surface area contributed by atoms with E-state index >= 15 is 0 Å². The molecular formula is C43H27N3. The van der Waals surface area contributed by atoms with E-state index in [1.807, 2.05) is 60.7 Å². The lowest BCUT2D eigenvalue weighted by Crippen LogP contribution is -2.00. The molecule has 1 heterocycles. The lowest BCUT2D eigenvalue weighted by atomic mass is 9.87. The molecule has 9 rings (SSSR count). The zero-order valence-electron chi connectivity index (χ0n) is 24.9. The van der Waals surface area contributed by atoms with Gasteiger partial charge in [-0.1, -0.05) is 146 Å². The normalized spacial score (nSPS) is 11.5. The highest BCUT2D eigenvalue weighted by Crippen LogP contribution is 2.43. The monoisotopic (exact) mass is 585 g/mol. The molecule has 3 nitrogen and oxygen atoms in total. The van der Waals surface area contributed by atoms with Gasteiger partial charge in [-0.15, -0.1) is 0 Å². The minimum atomic E-state index is 0.648. The van der Waals surface area contributed by atoms with Crippen LogP contribution in [0.5, 0.6) is 0 Å². The van der Waals surface area contributed by atoms with Crippen LogP contribution in [0.15, 0.2) is 164 Å². The molecule has 0 fully saturated rings. The van der Waals surface area contributed by atoms with E-state index in [4.69, 9.17) is 15.0 Å². The number of fused-ring (bicyclic) bond motifs is 6. The van der Waals surface area contributed by atoms with Crippen LogP contribution in [0.3, 0.4) is 0 Å². The fourth-order valence-electron chi connectivity index (χ4n) is 6.69. The van der Waals surface area contributed by atoms with Gasteiger partial charge in [0.2, 0.25) is 0 Å². The van der Waals surface area contributed by atoms with Crippen LogP contribution in [0, 0.1) is 0 Å². The Kier molecular flexibility index (Phi) is 6.14. The van der Waals surface area contributed by atoms with Gasteiger partial charge in [-0.05, 0) is 72.4 Å². The van der Waals surface area contributed by atoms with Crippen molar-refractivity contribution in [3.05, 3.63) is 164 Å². The van der Waals surface area contributed by atoms with Gasteiger partial charge in [0.1, 0.15) is 0 Å². The summed E-state index contributed by atoms with van der Waals surface area (Å²) in [7, 11) is 0. The Labute approximate surface area is 266 Å². The van der Waals surface area contributed by atoms with E-state index in [1.54, 1.807) is 0 Å². The summed E-state index contributed by atoms with van der Waals surface area (Å²) in [5.74, 6) is 1.96. The van der Waals surface area contributed by atoms with E-state index in [-0.39, 0.29) is 0 Å². The molecule has 0 atom stereocenters. The van der Waals surface area contributed by atoms with Crippen molar-refractivity contribution in [3.63, 3.8) is 0 Å². The fourth-order valence-corrected chi connectivity index (χ4v) is 6.69. The highest BCUT2D eigenvalue weighted by atomic mass is 15.0. The molecule has 8 aromatic carbocycles. The van der Waals surface area contributed by atoms with Crippen molar-refractivity contribution in [2.75, 3.05) is 0 Å². The van der Waals surface area contributed by atoms with E-state index in [0.29, 0.717) is 17.5 Å². The van der Waals surface area contributed by atoms with Crippen molar-refractivity contribution < 1.29 is 0 Å². The molecule has 1 aromatic heterocycles. The number of hydrogen-bond donors (Lipinski definition) is 0. The highest BCUT2D eigenvalue weighted by Gasteiger charge is 2.18. The molecule has 46 heavy (non-hydrogen) atoms. The Morgan fingerprint density at radius 1 is 0.283 bits per heavy atom. The molecule has 0 spiro atoms. The maximum Gasteiger partial charge on any atom is 0.164 e. The Morgan fingerprint density at radius 2 is 0.783 bits per heavy atom. The van der Waals surface area contributed by atoms with Gasteiger partial charge >= 0.3 is 0 Å². The van der Waals surface area contributed by atoms with E-state index in [1.165, 1.54) is 43.3 Å². The SMILES string of the molecule is c1ccc(-c2nc(-c3ccccc3)nc(-c3cc(-c4cc5ccccc5c5ccc6ccccc6c45)c4ccccc4c3)n2)cc1. The minimum Gasteiger partial charge on any atom is -0.208 e. The molecule has 0 aliphatic heterocycles. The summed E-state index contributed by atoms with van der Waals surface area (Å²) in [6.45, 7) is 0. The molecule has 0 N–H and O–H groups in total. The van der Waals surface area contributed by atoms with E-state index in [9.17, 15) is 0 Å². The van der Waals surface area contributed by atoms with Gasteiger partial charge in [0.25, 0.3) is 0 Å². The van der Waals surface area contributed by atoms with Gasteiger partial charge in [0, 0.05) is 16.7 Å². The van der Waals surface area contributed by atoms with Crippen molar-refractivity contribution in [2.24, 2.45) is 0 Å². The topological polar surface area (TPSA) is 38.7 Å². The molecule has 0 aliphatic carbocycles. The molecule has 0 radical (unpaired) electrons. The summed E-state index contributed by atoms with van der Waals surface area (Å²) in [6, 6.07) is 57.6. The van der Waals surface area contributed by atoms with Crippen molar-refractivity contribution in [2.45, 2.75) is 0 Å². The standard InChI is InChI=1S/C43H27N3/c1-3-14-29(15-4-1)41-44-42(30-16-5-2-6-17-30)46-43(45-41)33-25-31-18-8-11-21-35(31)38(27-33)39-26-32-19-9-10-20-34(32)37-24-23-28-13-7-12-22-36(28)40(37)39/h1-27H. The molecule has 9 aromatic rings. The number of nitrogens with zero attached hydrogens (tertiary/aromatic N) is 3. The minimum absolute atomic E-state index is 0.648. The Balaban J connectivity index is 1.37. The predicted octanol–water partition coefficient (Wildman–Crippen LogP) is 11.2. The quantitative estimate of drug-likeness (QED) is 0.193. The lowest BCUT2D eigenvalue weighted by Gasteiger charge is -2.17. The largest absolute Gasteiger partial charge is 0.208 e. The van der Waals surface area contributed by atoms with Gasteiger partial charge < -0.3 is 0 Å². The van der Waals surface area contributed by atoms with Crippen LogP contribution in [-0.2, 0) is 0 Å². The number of aromatic nitrogens is 3. The van der Waals surface area contributed by atoms with Gasteiger partial charge in [0.15, 0.2) is 17.5 Å². The maximum atomic E-state index is 5.08. The van der Waals surface area contributed by atoms with Crippen molar-refractivity contribution >= 4 is 43.1 Å². The molecule has 0 aliphatic rings. The molecule has 0 saturated heterocycles. The molecule has 0 saturated carbocycles. The van der Waals surface area contributed by atoms with E-state index in [0.717, 1.165) is 27.6 Å². The van der Waals surface area contributed by atoms with Crippen LogP contribution in [0.2, 0.25) is 0 Å². The van der Waals surface area contributed by atoms with Crippen LogP contribution >= 0.6 is 0 Å². The third-order valence-corrected chi connectivity index (χ3v) is 8.86. The lowest BCUT2D eigenvalue weighted by molar-refractivity contribution is 1.07. The summed E-state index contributed by atoms with van der Waals surface area (Å²) in [6.07, 6.45) is 0. The van der Waals surface area contributed by atoms with Crippen molar-refractivity contribution in [1.82, 2.24) is 15.0 Å². The van der Waals surface area contributed by atoms with Crippen LogP contribution in [-0.4, -0.2) is 15.0 Å². The van der Waals surface area contributed by atoms with E-state index in [2.05, 4.69) is 103 Å². The second kappa shape index (κ2) is 10.8. The number of benzene rings is 8. The predicted molar refractivity (Wildman–Crippen MR) is 192 cm³/mol. The molecule has 3 heteroatoms. The van der Waals surface area contributed by atoms with Gasteiger partial charge in [-0.25, -0.2) is 15.0 Å². The number of hydrogen-bond acceptors (Lipinski definition) is 3. The first kappa shape index (κ1) is 26.2. The first-order valence-corrected chi connectivity index (χ1v) is 15.5. The summed E-state index contributed by atoms with van der Waals surface area (Å²) in [4.78, 5) is 15.1. The molecule has 214 valence electrons. The fraction of sp³-hybridized carbons (Fsp3) is 0.